The summed E-state index contributed by atoms with van der Waals surface area (Å²) in [6.45, 7) is 3.68. The van der Waals surface area contributed by atoms with Crippen LogP contribution >= 0.6 is 11.6 Å². The highest BCUT2D eigenvalue weighted by Crippen LogP contribution is 2.24. The van der Waals surface area contributed by atoms with Crippen LogP contribution in [-0.4, -0.2) is 38.4 Å². The monoisotopic (exact) mass is 350 g/mol. The summed E-state index contributed by atoms with van der Waals surface area (Å²) in [6, 6.07) is 16.6. The largest absolute Gasteiger partial charge is 0.366 e. The maximum Gasteiger partial charge on any atom is 0.243 e. The first-order valence-corrected chi connectivity index (χ1v) is 9.38. The smallest absolute Gasteiger partial charge is 0.243 e. The van der Waals surface area contributed by atoms with Gasteiger partial charge in [-0.3, -0.25) is 0 Å². The van der Waals surface area contributed by atoms with Gasteiger partial charge in [0.05, 0.1) is 4.90 Å². The third kappa shape index (κ3) is 3.37. The Morgan fingerprint density at radius 2 is 1.65 bits per heavy atom. The topological polar surface area (TPSA) is 40.6 Å². The Balaban J connectivity index is 1.78. The van der Waals surface area contributed by atoms with Gasteiger partial charge in [-0.05, 0) is 43.3 Å². The van der Waals surface area contributed by atoms with Crippen molar-refractivity contribution in [2.24, 2.45) is 0 Å². The molecule has 0 spiro atoms. The van der Waals surface area contributed by atoms with Gasteiger partial charge in [-0.1, -0.05) is 29.8 Å². The molecular weight excluding hydrogens is 332 g/mol. The van der Waals surface area contributed by atoms with Gasteiger partial charge in [-0.2, -0.15) is 4.31 Å². The molecule has 1 heterocycles. The molecule has 1 fully saturated rings. The van der Waals surface area contributed by atoms with Gasteiger partial charge in [0.15, 0.2) is 0 Å². The van der Waals surface area contributed by atoms with E-state index in [-0.39, 0.29) is 6.04 Å². The Morgan fingerprint density at radius 1 is 1.00 bits per heavy atom. The number of sulfonamides is 1. The summed E-state index contributed by atoms with van der Waals surface area (Å²) in [5.74, 6) is 0. The molecule has 0 saturated carbocycles. The molecule has 1 atom stereocenters. The van der Waals surface area contributed by atoms with Crippen LogP contribution in [0.2, 0.25) is 5.02 Å². The molecule has 6 heteroatoms. The van der Waals surface area contributed by atoms with E-state index in [2.05, 4.69) is 24.0 Å². The second-order valence-corrected chi connectivity index (χ2v) is 8.07. The molecule has 4 nitrogen and oxygen atoms in total. The highest BCUT2D eigenvalue weighted by Gasteiger charge is 2.32. The molecule has 0 amide bonds. The zero-order valence-electron chi connectivity index (χ0n) is 12.9. The quantitative estimate of drug-likeness (QED) is 0.853. The molecular formula is C17H19ClN2O2S. The molecule has 1 saturated heterocycles. The van der Waals surface area contributed by atoms with Gasteiger partial charge in [0.1, 0.15) is 0 Å². The summed E-state index contributed by atoms with van der Waals surface area (Å²) in [5.41, 5.74) is 1.13. The van der Waals surface area contributed by atoms with Crippen molar-refractivity contribution in [2.45, 2.75) is 17.9 Å². The fourth-order valence-corrected chi connectivity index (χ4v) is 4.54. The summed E-state index contributed by atoms with van der Waals surface area (Å²) >= 11 is 5.84. The highest BCUT2D eigenvalue weighted by atomic mass is 35.5. The number of para-hydroxylation sites is 1. The average Bonchev–Trinajstić information content (AvgIpc) is 2.56. The maximum absolute atomic E-state index is 12.8. The van der Waals surface area contributed by atoms with Crippen molar-refractivity contribution < 1.29 is 8.42 Å². The third-order valence-corrected chi connectivity index (χ3v) is 6.26. The molecule has 122 valence electrons. The first-order chi connectivity index (χ1) is 11.0. The molecule has 0 bridgehead atoms. The fourth-order valence-electron chi connectivity index (χ4n) is 2.90. The van der Waals surface area contributed by atoms with Crippen LogP contribution in [0.3, 0.4) is 0 Å². The number of hydrogen-bond donors (Lipinski definition) is 0. The van der Waals surface area contributed by atoms with Crippen molar-refractivity contribution in [3.63, 3.8) is 0 Å². The van der Waals surface area contributed by atoms with Gasteiger partial charge in [0, 0.05) is 36.4 Å². The first kappa shape index (κ1) is 16.3. The minimum atomic E-state index is -3.47. The summed E-state index contributed by atoms with van der Waals surface area (Å²) in [6.07, 6.45) is 0. The fraction of sp³-hybridized carbons (Fsp3) is 0.294. The number of rotatable bonds is 3. The zero-order valence-corrected chi connectivity index (χ0v) is 14.5. The predicted octanol–water partition coefficient (Wildman–Crippen LogP) is 3.24. The molecule has 2 aromatic carbocycles. The SMILES string of the molecule is C[C@@H]1CN(S(=O)(=O)c2ccc(Cl)cc2)CCN1c1ccccc1. The highest BCUT2D eigenvalue weighted by molar-refractivity contribution is 7.89. The molecule has 0 N–H and O–H groups in total. The molecule has 1 aliphatic rings. The lowest BCUT2D eigenvalue weighted by Gasteiger charge is -2.40. The van der Waals surface area contributed by atoms with Crippen molar-refractivity contribution in [3.05, 3.63) is 59.6 Å². The Kier molecular flexibility index (Phi) is 4.62. The lowest BCUT2D eigenvalue weighted by atomic mass is 10.2. The van der Waals surface area contributed by atoms with E-state index >= 15 is 0 Å². The maximum atomic E-state index is 12.8. The van der Waals surface area contributed by atoms with E-state index in [1.807, 2.05) is 18.2 Å². The average molecular weight is 351 g/mol. The van der Waals surface area contributed by atoms with Crippen LogP contribution in [0.25, 0.3) is 0 Å². The van der Waals surface area contributed by atoms with Gasteiger partial charge < -0.3 is 4.90 Å². The van der Waals surface area contributed by atoms with E-state index in [9.17, 15) is 8.42 Å². The number of halogens is 1. The second-order valence-electron chi connectivity index (χ2n) is 5.69. The Hall–Kier alpha value is -1.56. The summed E-state index contributed by atoms with van der Waals surface area (Å²) in [4.78, 5) is 2.54. The molecule has 1 aliphatic heterocycles. The van der Waals surface area contributed by atoms with E-state index < -0.39 is 10.0 Å². The van der Waals surface area contributed by atoms with Gasteiger partial charge in [-0.25, -0.2) is 8.42 Å². The van der Waals surface area contributed by atoms with Crippen LogP contribution in [0.4, 0.5) is 5.69 Å². The van der Waals surface area contributed by atoms with Crippen LogP contribution in [0.5, 0.6) is 0 Å². The van der Waals surface area contributed by atoms with Crippen molar-refractivity contribution in [1.82, 2.24) is 4.31 Å². The molecule has 0 radical (unpaired) electrons. The van der Waals surface area contributed by atoms with E-state index in [0.717, 1.165) is 5.69 Å². The summed E-state index contributed by atoms with van der Waals surface area (Å²) in [7, 11) is -3.47. The summed E-state index contributed by atoms with van der Waals surface area (Å²) in [5, 5.41) is 0.534. The standard InChI is InChI=1S/C17H19ClN2O2S/c1-14-13-19(11-12-20(14)16-5-3-2-4-6-16)23(21,22)17-9-7-15(18)8-10-17/h2-10,14H,11-13H2,1H3/t14-/m1/s1. The van der Waals surface area contributed by atoms with E-state index in [1.54, 1.807) is 28.6 Å². The van der Waals surface area contributed by atoms with Crippen molar-refractivity contribution in [2.75, 3.05) is 24.5 Å². The van der Waals surface area contributed by atoms with Crippen LogP contribution in [0.1, 0.15) is 6.92 Å². The number of piperazine rings is 1. The molecule has 0 aromatic heterocycles. The second kappa shape index (κ2) is 6.51. The first-order valence-electron chi connectivity index (χ1n) is 7.56. The van der Waals surface area contributed by atoms with Gasteiger partial charge >= 0.3 is 0 Å². The van der Waals surface area contributed by atoms with Crippen molar-refractivity contribution in [3.8, 4) is 0 Å². The van der Waals surface area contributed by atoms with Crippen LogP contribution in [0.15, 0.2) is 59.5 Å². The van der Waals surface area contributed by atoms with Crippen molar-refractivity contribution in [1.29, 1.82) is 0 Å². The third-order valence-electron chi connectivity index (χ3n) is 4.13. The number of hydrogen-bond acceptors (Lipinski definition) is 3. The Morgan fingerprint density at radius 3 is 2.26 bits per heavy atom. The Bertz CT molecular complexity index is 763. The molecule has 3 rings (SSSR count). The number of nitrogens with zero attached hydrogens (tertiary/aromatic N) is 2. The lowest BCUT2D eigenvalue weighted by Crippen LogP contribution is -2.53. The number of anilines is 1. The molecule has 2 aromatic rings. The van der Waals surface area contributed by atoms with Gasteiger partial charge in [0.25, 0.3) is 0 Å². The van der Waals surface area contributed by atoms with Crippen LogP contribution < -0.4 is 4.90 Å². The minimum absolute atomic E-state index is 0.119. The van der Waals surface area contributed by atoms with Crippen LogP contribution in [-0.2, 0) is 10.0 Å². The van der Waals surface area contributed by atoms with E-state index in [0.29, 0.717) is 29.6 Å². The van der Waals surface area contributed by atoms with E-state index in [4.69, 9.17) is 11.6 Å². The zero-order chi connectivity index (χ0) is 16.4. The van der Waals surface area contributed by atoms with Crippen molar-refractivity contribution >= 4 is 27.3 Å². The lowest BCUT2D eigenvalue weighted by molar-refractivity contribution is 0.342. The van der Waals surface area contributed by atoms with Crippen LogP contribution in [0, 0.1) is 0 Å². The molecule has 23 heavy (non-hydrogen) atoms. The van der Waals surface area contributed by atoms with Gasteiger partial charge in [-0.15, -0.1) is 0 Å². The summed E-state index contributed by atoms with van der Waals surface area (Å²) < 4.78 is 27.1. The normalized spacial score (nSPS) is 19.7. The molecule has 0 unspecified atom stereocenters. The number of benzene rings is 2. The minimum Gasteiger partial charge on any atom is -0.366 e. The molecule has 0 aliphatic carbocycles. The predicted molar refractivity (Wildman–Crippen MR) is 93.5 cm³/mol. The van der Waals surface area contributed by atoms with E-state index in [1.165, 1.54) is 0 Å². The van der Waals surface area contributed by atoms with Gasteiger partial charge in [0.2, 0.25) is 10.0 Å². The Labute approximate surface area is 142 Å².